The lowest BCUT2D eigenvalue weighted by Crippen LogP contribution is -2.35. The molecule has 1 aliphatic rings. The summed E-state index contributed by atoms with van der Waals surface area (Å²) in [5.74, 6) is 0.226. The van der Waals surface area contributed by atoms with Gasteiger partial charge >= 0.3 is 0 Å². The van der Waals surface area contributed by atoms with Crippen LogP contribution in [0.1, 0.15) is 24.0 Å². The van der Waals surface area contributed by atoms with Gasteiger partial charge in [0.2, 0.25) is 0 Å². The van der Waals surface area contributed by atoms with Gasteiger partial charge in [0.05, 0.1) is 11.0 Å². The van der Waals surface area contributed by atoms with Crippen LogP contribution in [-0.4, -0.2) is 40.2 Å². The van der Waals surface area contributed by atoms with Crippen molar-refractivity contribution in [2.24, 2.45) is 0 Å². The number of hydrogen-bond acceptors (Lipinski definition) is 5. The van der Waals surface area contributed by atoms with Crippen LogP contribution in [0.3, 0.4) is 0 Å². The molecule has 1 atom stereocenters. The lowest BCUT2D eigenvalue weighted by molar-refractivity contribution is -0.123. The third kappa shape index (κ3) is 5.95. The van der Waals surface area contributed by atoms with Crippen molar-refractivity contribution in [2.45, 2.75) is 37.7 Å². The van der Waals surface area contributed by atoms with Gasteiger partial charge in [-0.15, -0.1) is 0 Å². The Balaban J connectivity index is 1.57. The van der Waals surface area contributed by atoms with Crippen molar-refractivity contribution >= 4 is 21.6 Å². The Labute approximate surface area is 171 Å². The molecular weight excluding hydrogens is 392 g/mol. The fraction of sp³-hybridized carbons (Fsp3) is 0.381. The molecule has 0 spiro atoms. The van der Waals surface area contributed by atoms with E-state index in [1.807, 2.05) is 19.1 Å². The van der Waals surface area contributed by atoms with Crippen molar-refractivity contribution in [1.82, 2.24) is 5.32 Å². The molecule has 0 saturated carbocycles. The molecule has 1 fully saturated rings. The van der Waals surface area contributed by atoms with Gasteiger partial charge in [0.15, 0.2) is 6.61 Å². The first-order valence-corrected chi connectivity index (χ1v) is 11.0. The van der Waals surface area contributed by atoms with Crippen LogP contribution >= 0.6 is 0 Å². The number of rotatable bonds is 8. The minimum atomic E-state index is -3.71. The Kier molecular flexibility index (Phi) is 6.76. The second kappa shape index (κ2) is 9.28. The zero-order valence-corrected chi connectivity index (χ0v) is 17.4. The molecule has 29 heavy (non-hydrogen) atoms. The minimum absolute atomic E-state index is 0.0752. The van der Waals surface area contributed by atoms with Crippen LogP contribution in [0.25, 0.3) is 0 Å². The van der Waals surface area contributed by atoms with E-state index in [0.717, 1.165) is 25.0 Å². The topological polar surface area (TPSA) is 93.7 Å². The van der Waals surface area contributed by atoms with Gasteiger partial charge in [-0.3, -0.25) is 9.52 Å². The van der Waals surface area contributed by atoms with Crippen LogP contribution in [0, 0.1) is 13.8 Å². The maximum absolute atomic E-state index is 12.6. The van der Waals surface area contributed by atoms with Crippen molar-refractivity contribution in [1.29, 1.82) is 0 Å². The van der Waals surface area contributed by atoms with Crippen LogP contribution in [0.5, 0.6) is 5.75 Å². The molecule has 0 radical (unpaired) electrons. The number of amides is 1. The lowest BCUT2D eigenvalue weighted by Gasteiger charge is -2.13. The number of aryl methyl sites for hydroxylation is 2. The van der Waals surface area contributed by atoms with Crippen LogP contribution < -0.4 is 14.8 Å². The first kappa shape index (κ1) is 21.1. The third-order valence-electron chi connectivity index (χ3n) is 4.67. The van der Waals surface area contributed by atoms with Gasteiger partial charge in [0.25, 0.3) is 15.9 Å². The largest absolute Gasteiger partial charge is 0.484 e. The molecule has 0 bridgehead atoms. The number of hydrogen-bond donors (Lipinski definition) is 2. The van der Waals surface area contributed by atoms with E-state index in [-0.39, 0.29) is 23.5 Å². The van der Waals surface area contributed by atoms with Gasteiger partial charge in [-0.05, 0) is 62.6 Å². The third-order valence-corrected chi connectivity index (χ3v) is 6.05. The number of carbonyl (C=O) groups excluding carboxylic acids is 1. The summed E-state index contributed by atoms with van der Waals surface area (Å²) in [5, 5.41) is 2.79. The van der Waals surface area contributed by atoms with Crippen molar-refractivity contribution in [3.8, 4) is 5.75 Å². The molecule has 1 amide bonds. The summed E-state index contributed by atoms with van der Waals surface area (Å²) < 4.78 is 38.8. The lowest BCUT2D eigenvalue weighted by atomic mass is 10.2. The highest BCUT2D eigenvalue weighted by atomic mass is 32.2. The smallest absolute Gasteiger partial charge is 0.261 e. The molecule has 156 valence electrons. The number of anilines is 1. The van der Waals surface area contributed by atoms with E-state index in [1.54, 1.807) is 25.1 Å². The molecule has 2 aromatic rings. The Hall–Kier alpha value is -2.58. The number of nitrogens with one attached hydrogen (secondary N) is 2. The quantitative estimate of drug-likeness (QED) is 0.688. The SMILES string of the molecule is Cc1ccc(NS(=O)(=O)c2ccc(OCC(=O)NC[C@@H]3CCCO3)c(C)c2)cc1. The average molecular weight is 419 g/mol. The molecular formula is C21H26N2O5S. The van der Waals surface area contributed by atoms with E-state index in [0.29, 0.717) is 23.5 Å². The Morgan fingerprint density at radius 3 is 2.59 bits per heavy atom. The van der Waals surface area contributed by atoms with Crippen LogP contribution in [-0.2, 0) is 19.6 Å². The van der Waals surface area contributed by atoms with E-state index in [9.17, 15) is 13.2 Å². The maximum Gasteiger partial charge on any atom is 0.261 e. The normalized spacial score (nSPS) is 16.4. The van der Waals surface area contributed by atoms with E-state index in [4.69, 9.17) is 9.47 Å². The van der Waals surface area contributed by atoms with Crippen molar-refractivity contribution in [3.05, 3.63) is 53.6 Å². The molecule has 0 unspecified atom stereocenters. The standard InChI is InChI=1S/C21H26N2O5S/c1-15-5-7-17(8-6-15)23-29(25,26)19-9-10-20(16(2)12-19)28-14-21(24)22-13-18-4-3-11-27-18/h5-10,12,18,23H,3-4,11,13-14H2,1-2H3,(H,22,24)/t18-/m0/s1. The van der Waals surface area contributed by atoms with Crippen molar-refractivity contribution < 1.29 is 22.7 Å². The number of ether oxygens (including phenoxy) is 2. The second-order valence-electron chi connectivity index (χ2n) is 7.13. The highest BCUT2D eigenvalue weighted by Crippen LogP contribution is 2.23. The Morgan fingerprint density at radius 1 is 1.17 bits per heavy atom. The summed E-state index contributed by atoms with van der Waals surface area (Å²) >= 11 is 0. The van der Waals surface area contributed by atoms with Crippen LogP contribution in [0.2, 0.25) is 0 Å². The summed E-state index contributed by atoms with van der Waals surface area (Å²) in [5.41, 5.74) is 2.17. The van der Waals surface area contributed by atoms with Gasteiger partial charge < -0.3 is 14.8 Å². The summed E-state index contributed by atoms with van der Waals surface area (Å²) in [4.78, 5) is 12.1. The maximum atomic E-state index is 12.6. The van der Waals surface area contributed by atoms with Gasteiger partial charge in [-0.1, -0.05) is 17.7 Å². The molecule has 2 aromatic carbocycles. The van der Waals surface area contributed by atoms with Gasteiger partial charge in [0.1, 0.15) is 5.75 Å². The zero-order chi connectivity index (χ0) is 20.9. The van der Waals surface area contributed by atoms with E-state index in [2.05, 4.69) is 10.0 Å². The number of carbonyl (C=O) groups is 1. The Bertz CT molecular complexity index is 952. The van der Waals surface area contributed by atoms with Crippen molar-refractivity contribution in [3.63, 3.8) is 0 Å². The fourth-order valence-corrected chi connectivity index (χ4v) is 4.16. The molecule has 3 rings (SSSR count). The van der Waals surface area contributed by atoms with E-state index >= 15 is 0 Å². The summed E-state index contributed by atoms with van der Waals surface area (Å²) in [7, 11) is -3.71. The fourth-order valence-electron chi connectivity index (χ4n) is 3.01. The highest BCUT2D eigenvalue weighted by Gasteiger charge is 2.18. The first-order chi connectivity index (χ1) is 13.8. The Morgan fingerprint density at radius 2 is 1.93 bits per heavy atom. The van der Waals surface area contributed by atoms with Crippen LogP contribution in [0.15, 0.2) is 47.4 Å². The predicted molar refractivity (Wildman–Crippen MR) is 111 cm³/mol. The molecule has 8 heteroatoms. The van der Waals surface area contributed by atoms with E-state index in [1.165, 1.54) is 12.1 Å². The van der Waals surface area contributed by atoms with E-state index < -0.39 is 10.0 Å². The highest BCUT2D eigenvalue weighted by molar-refractivity contribution is 7.92. The van der Waals surface area contributed by atoms with Crippen molar-refractivity contribution in [2.75, 3.05) is 24.5 Å². The molecule has 2 N–H and O–H groups in total. The molecule has 1 aliphatic heterocycles. The monoisotopic (exact) mass is 418 g/mol. The van der Waals surface area contributed by atoms with Gasteiger partial charge in [-0.2, -0.15) is 0 Å². The predicted octanol–water partition coefficient (Wildman–Crippen LogP) is 2.78. The number of sulfonamides is 1. The second-order valence-corrected chi connectivity index (χ2v) is 8.81. The molecule has 0 aromatic heterocycles. The summed E-state index contributed by atoms with van der Waals surface area (Å²) in [6, 6.07) is 11.7. The molecule has 1 saturated heterocycles. The first-order valence-electron chi connectivity index (χ1n) is 9.55. The van der Waals surface area contributed by atoms with Gasteiger partial charge in [0, 0.05) is 18.8 Å². The molecule has 0 aliphatic carbocycles. The van der Waals surface area contributed by atoms with Gasteiger partial charge in [-0.25, -0.2) is 8.42 Å². The zero-order valence-electron chi connectivity index (χ0n) is 16.6. The summed E-state index contributed by atoms with van der Waals surface area (Å²) in [6.07, 6.45) is 2.04. The minimum Gasteiger partial charge on any atom is -0.484 e. The molecule has 7 nitrogen and oxygen atoms in total. The summed E-state index contributed by atoms with van der Waals surface area (Å²) in [6.45, 7) is 4.75. The number of benzene rings is 2. The van der Waals surface area contributed by atoms with Crippen LogP contribution in [0.4, 0.5) is 5.69 Å². The molecule has 1 heterocycles. The average Bonchev–Trinajstić information content (AvgIpc) is 3.20.